The number of carbonyl (C=O) groups excluding carboxylic acids is 1. The third-order valence-corrected chi connectivity index (χ3v) is 2.32. The highest BCUT2D eigenvalue weighted by atomic mass is 16.5. The predicted molar refractivity (Wildman–Crippen MR) is 69.0 cm³/mol. The van der Waals surface area contributed by atoms with E-state index in [0.717, 1.165) is 0 Å². The molecule has 0 aromatic heterocycles. The fraction of sp³-hybridized carbons (Fsp3) is 0.0667. The van der Waals surface area contributed by atoms with E-state index in [9.17, 15) is 9.59 Å². The second-order valence-electron chi connectivity index (χ2n) is 3.62. The van der Waals surface area contributed by atoms with Crippen molar-refractivity contribution in [1.29, 1.82) is 0 Å². The average molecular weight is 260 g/mol. The molecule has 2 aromatic carbocycles. The Hall–Kier alpha value is -2.62. The van der Waals surface area contributed by atoms with Crippen molar-refractivity contribution in [2.24, 2.45) is 0 Å². The Morgan fingerprint density at radius 1 is 1.11 bits per heavy atom. The third-order valence-electron chi connectivity index (χ3n) is 2.32. The molecule has 0 radical (unpaired) electrons. The van der Waals surface area contributed by atoms with Crippen molar-refractivity contribution in [3.63, 3.8) is 0 Å². The number of hydrogen-bond donors (Lipinski definition) is 1. The van der Waals surface area contributed by atoms with Gasteiger partial charge in [0.25, 0.3) is 0 Å². The number of carbonyl (C=O) groups is 2. The Morgan fingerprint density at radius 3 is 2.37 bits per heavy atom. The smallest absolute Gasteiger partial charge is 0.339 e. The highest BCUT2D eigenvalue weighted by Crippen LogP contribution is 2.11. The molecule has 19 heavy (non-hydrogen) atoms. The van der Waals surface area contributed by atoms with Crippen LogP contribution in [0.5, 0.6) is 0 Å². The van der Waals surface area contributed by atoms with Crippen LogP contribution in [-0.4, -0.2) is 17.0 Å². The van der Waals surface area contributed by atoms with Gasteiger partial charge in [0.1, 0.15) is 6.61 Å². The number of carboxylic acids is 1. The van der Waals surface area contributed by atoms with Gasteiger partial charge in [0, 0.05) is 0 Å². The molecule has 0 saturated heterocycles. The molecule has 2 rings (SSSR count). The van der Waals surface area contributed by atoms with Crippen LogP contribution < -0.4 is 0 Å². The van der Waals surface area contributed by atoms with E-state index in [-0.39, 0.29) is 6.61 Å². The molecule has 0 amide bonds. The van der Waals surface area contributed by atoms with Crippen LogP contribution in [0.3, 0.4) is 0 Å². The first kappa shape index (κ1) is 8.48. The van der Waals surface area contributed by atoms with Crippen molar-refractivity contribution in [3.8, 4) is 0 Å². The highest BCUT2D eigenvalue weighted by Gasteiger charge is 2.16. The Bertz CT molecular complexity index is 775. The highest BCUT2D eigenvalue weighted by molar-refractivity contribution is 6.02. The largest absolute Gasteiger partial charge is 0.478 e. The Balaban J connectivity index is 2.41. The lowest BCUT2D eigenvalue weighted by Crippen LogP contribution is -2.11. The molecule has 0 heterocycles. The number of benzene rings is 2. The van der Waals surface area contributed by atoms with E-state index in [4.69, 9.17) is 15.3 Å². The van der Waals surface area contributed by atoms with Gasteiger partial charge in [-0.05, 0) is 17.6 Å². The van der Waals surface area contributed by atoms with E-state index in [0.29, 0.717) is 5.56 Å². The molecule has 2 aromatic rings. The number of rotatable bonds is 4. The van der Waals surface area contributed by atoms with Gasteiger partial charge in [0.15, 0.2) is 0 Å². The predicted octanol–water partition coefficient (Wildman–Crippen LogP) is 2.74. The lowest BCUT2D eigenvalue weighted by molar-refractivity contribution is 0.0463. The van der Waals surface area contributed by atoms with Crippen LogP contribution in [0.25, 0.3) is 0 Å². The van der Waals surface area contributed by atoms with E-state index in [1.807, 2.05) is 0 Å². The van der Waals surface area contributed by atoms with Crippen LogP contribution >= 0.6 is 0 Å². The lowest BCUT2D eigenvalue weighted by Gasteiger charge is -2.07. The Morgan fingerprint density at radius 2 is 1.74 bits per heavy atom. The summed E-state index contributed by atoms with van der Waals surface area (Å²) in [5.41, 5.74) is -0.813. The van der Waals surface area contributed by atoms with E-state index < -0.39 is 47.2 Å². The van der Waals surface area contributed by atoms with E-state index >= 15 is 0 Å². The van der Waals surface area contributed by atoms with Crippen molar-refractivity contribution in [2.75, 3.05) is 0 Å². The van der Waals surface area contributed by atoms with E-state index in [1.54, 1.807) is 30.3 Å². The molecule has 0 fully saturated rings. The zero-order valence-corrected chi connectivity index (χ0v) is 9.77. The molecule has 0 bridgehead atoms. The van der Waals surface area contributed by atoms with Gasteiger partial charge in [0.2, 0.25) is 0 Å². The second kappa shape index (κ2) is 5.82. The van der Waals surface area contributed by atoms with Gasteiger partial charge in [-0.1, -0.05) is 42.4 Å². The molecule has 0 atom stereocenters. The quantitative estimate of drug-likeness (QED) is 0.858. The zero-order valence-electron chi connectivity index (χ0n) is 13.8. The summed E-state index contributed by atoms with van der Waals surface area (Å²) >= 11 is 0. The second-order valence-corrected chi connectivity index (χ2v) is 3.62. The standard InChI is InChI=1S/C15H12O4/c16-14(17)12-8-4-5-9-13(12)15(18)19-10-11-6-2-1-3-7-11/h1-9H,10H2,(H,16,17)/i4D,5D,8D,9D. The molecule has 0 aliphatic heterocycles. The van der Waals surface area contributed by atoms with Gasteiger partial charge in [-0.3, -0.25) is 0 Å². The minimum absolute atomic E-state index is 0.137. The topological polar surface area (TPSA) is 63.6 Å². The molecule has 0 unspecified atom stereocenters. The normalized spacial score (nSPS) is 12.8. The zero-order chi connectivity index (χ0) is 17.1. The van der Waals surface area contributed by atoms with Gasteiger partial charge in [-0.15, -0.1) is 0 Å². The molecule has 0 aliphatic carbocycles. The molecule has 0 spiro atoms. The van der Waals surface area contributed by atoms with Crippen molar-refractivity contribution < 1.29 is 24.9 Å². The first-order valence-electron chi connectivity index (χ1n) is 7.39. The number of carboxylic acid groups (broad SMARTS) is 1. The van der Waals surface area contributed by atoms with Crippen molar-refractivity contribution in [2.45, 2.75) is 6.61 Å². The average Bonchev–Trinajstić information content (AvgIpc) is 2.54. The van der Waals surface area contributed by atoms with E-state index in [1.165, 1.54) is 0 Å². The van der Waals surface area contributed by atoms with Crippen LogP contribution in [0.1, 0.15) is 31.8 Å². The van der Waals surface area contributed by atoms with Crippen LogP contribution in [0.2, 0.25) is 0 Å². The van der Waals surface area contributed by atoms with Crippen LogP contribution in [0.15, 0.2) is 54.5 Å². The summed E-state index contributed by atoms with van der Waals surface area (Å²) in [6.45, 7) is -0.137. The van der Waals surface area contributed by atoms with Crippen LogP contribution in [0.4, 0.5) is 0 Å². The maximum absolute atomic E-state index is 12.1. The minimum Gasteiger partial charge on any atom is -0.478 e. The molecule has 0 aliphatic rings. The molecular weight excluding hydrogens is 244 g/mol. The molecule has 4 nitrogen and oxygen atoms in total. The number of esters is 1. The summed E-state index contributed by atoms with van der Waals surface area (Å²) in [5.74, 6) is -2.73. The van der Waals surface area contributed by atoms with Gasteiger partial charge in [0.05, 0.1) is 16.6 Å². The summed E-state index contributed by atoms with van der Waals surface area (Å²) in [5, 5.41) is 9.16. The maximum atomic E-state index is 12.1. The van der Waals surface area contributed by atoms with Crippen LogP contribution in [-0.2, 0) is 11.3 Å². The number of aromatic carboxylic acids is 1. The third kappa shape index (κ3) is 3.19. The summed E-state index contributed by atoms with van der Waals surface area (Å²) in [7, 11) is 0. The van der Waals surface area contributed by atoms with Gasteiger partial charge >= 0.3 is 11.9 Å². The number of hydrogen-bond acceptors (Lipinski definition) is 3. The Labute approximate surface area is 115 Å². The van der Waals surface area contributed by atoms with Gasteiger partial charge in [-0.2, -0.15) is 0 Å². The fourth-order valence-electron chi connectivity index (χ4n) is 1.42. The molecule has 96 valence electrons. The summed E-state index contributed by atoms with van der Waals surface area (Å²) < 4.78 is 35.4. The summed E-state index contributed by atoms with van der Waals surface area (Å²) in [4.78, 5) is 23.4. The minimum atomic E-state index is -1.62. The van der Waals surface area contributed by atoms with E-state index in [2.05, 4.69) is 0 Å². The summed E-state index contributed by atoms with van der Waals surface area (Å²) in [6, 6.07) is 5.73. The molecular formula is C15H12O4. The van der Waals surface area contributed by atoms with Crippen molar-refractivity contribution in [3.05, 3.63) is 71.2 Å². The number of ether oxygens (including phenoxy) is 1. The molecule has 1 N–H and O–H groups in total. The summed E-state index contributed by atoms with van der Waals surface area (Å²) in [6.07, 6.45) is 0. The SMILES string of the molecule is [2H]c1c([2H])c([2H])c(C(=O)OCc2ccccc2)c(C(=O)O)c1[2H]. The first-order valence-corrected chi connectivity index (χ1v) is 5.39. The Kier molecular flexibility index (Phi) is 2.60. The van der Waals surface area contributed by atoms with Gasteiger partial charge < -0.3 is 9.84 Å². The maximum Gasteiger partial charge on any atom is 0.339 e. The van der Waals surface area contributed by atoms with Crippen LogP contribution in [0, 0.1) is 0 Å². The first-order chi connectivity index (χ1) is 10.8. The fourth-order valence-corrected chi connectivity index (χ4v) is 1.42. The van der Waals surface area contributed by atoms with Crippen molar-refractivity contribution in [1.82, 2.24) is 0 Å². The van der Waals surface area contributed by atoms with Crippen molar-refractivity contribution >= 4 is 11.9 Å². The lowest BCUT2D eigenvalue weighted by atomic mass is 10.1. The van der Waals surface area contributed by atoms with Gasteiger partial charge in [-0.25, -0.2) is 9.59 Å². The monoisotopic (exact) mass is 260 g/mol. The molecule has 0 saturated carbocycles. The molecule has 4 heteroatoms.